The van der Waals surface area contributed by atoms with Crippen molar-refractivity contribution in [3.8, 4) is 0 Å². The predicted octanol–water partition coefficient (Wildman–Crippen LogP) is 1.22. The molecule has 1 aliphatic rings. The second-order valence-electron chi connectivity index (χ2n) is 4.86. The van der Waals surface area contributed by atoms with E-state index < -0.39 is 0 Å². The largest absolute Gasteiger partial charge is 0.396 e. The molecular weight excluding hydrogens is 216 g/mol. The van der Waals surface area contributed by atoms with Crippen LogP contribution >= 0.6 is 0 Å². The first-order chi connectivity index (χ1) is 8.28. The minimum Gasteiger partial charge on any atom is -0.396 e. The van der Waals surface area contributed by atoms with Crippen molar-refractivity contribution in [2.24, 2.45) is 5.92 Å². The summed E-state index contributed by atoms with van der Waals surface area (Å²) < 4.78 is 0. The molecule has 0 unspecified atom stereocenters. The highest BCUT2D eigenvalue weighted by atomic mass is 16.3. The van der Waals surface area contributed by atoms with E-state index in [1.54, 1.807) is 0 Å². The number of rotatable bonds is 4. The molecule has 0 aliphatic heterocycles. The monoisotopic (exact) mass is 236 g/mol. The Kier molecular flexibility index (Phi) is 4.20. The second kappa shape index (κ2) is 5.87. The van der Waals surface area contributed by atoms with Crippen LogP contribution in [0.2, 0.25) is 0 Å². The van der Waals surface area contributed by atoms with Crippen molar-refractivity contribution in [3.63, 3.8) is 0 Å². The Labute approximate surface area is 101 Å². The molecule has 0 atom stereocenters. The standard InChI is InChI=1S/C13H20N2O2/c16-9-10-1-3-12(4-2-10)15-13(17)7-11-5-6-14-8-11/h5-6,8,10,12,14,16H,1-4,7,9H2,(H,15,17). The lowest BCUT2D eigenvalue weighted by molar-refractivity contribution is -0.121. The van der Waals surface area contributed by atoms with Crippen molar-refractivity contribution in [1.82, 2.24) is 10.3 Å². The van der Waals surface area contributed by atoms with E-state index in [0.717, 1.165) is 31.2 Å². The van der Waals surface area contributed by atoms with Gasteiger partial charge in [-0.15, -0.1) is 0 Å². The van der Waals surface area contributed by atoms with Gasteiger partial charge in [0.2, 0.25) is 5.91 Å². The summed E-state index contributed by atoms with van der Waals surface area (Å²) in [5.74, 6) is 0.532. The molecule has 0 radical (unpaired) electrons. The van der Waals surface area contributed by atoms with Crippen LogP contribution in [0.25, 0.3) is 0 Å². The fraction of sp³-hybridized carbons (Fsp3) is 0.615. The molecule has 1 aromatic heterocycles. The average Bonchev–Trinajstić information content (AvgIpc) is 2.82. The molecule has 0 aromatic carbocycles. The van der Waals surface area contributed by atoms with Crippen LogP contribution in [0.3, 0.4) is 0 Å². The minimum atomic E-state index is 0.0945. The van der Waals surface area contributed by atoms with E-state index >= 15 is 0 Å². The Morgan fingerprint density at radius 2 is 2.18 bits per heavy atom. The molecule has 3 N–H and O–H groups in total. The lowest BCUT2D eigenvalue weighted by Gasteiger charge is -2.27. The Morgan fingerprint density at radius 3 is 2.76 bits per heavy atom. The van der Waals surface area contributed by atoms with E-state index in [4.69, 9.17) is 5.11 Å². The number of aromatic amines is 1. The number of aromatic nitrogens is 1. The van der Waals surface area contributed by atoms with Crippen molar-refractivity contribution in [2.45, 2.75) is 38.1 Å². The Bertz CT molecular complexity index is 340. The van der Waals surface area contributed by atoms with Gasteiger partial charge in [0.25, 0.3) is 0 Å². The predicted molar refractivity (Wildman–Crippen MR) is 65.5 cm³/mol. The van der Waals surface area contributed by atoms with Crippen LogP contribution in [0.5, 0.6) is 0 Å². The molecule has 1 aliphatic carbocycles. The topological polar surface area (TPSA) is 65.1 Å². The van der Waals surface area contributed by atoms with Gasteiger partial charge >= 0.3 is 0 Å². The third kappa shape index (κ3) is 3.60. The summed E-state index contributed by atoms with van der Waals surface area (Å²) in [6.45, 7) is 0.282. The van der Waals surface area contributed by atoms with Crippen molar-refractivity contribution >= 4 is 5.91 Å². The van der Waals surface area contributed by atoms with Gasteiger partial charge in [-0.2, -0.15) is 0 Å². The highest BCUT2D eigenvalue weighted by molar-refractivity contribution is 5.78. The van der Waals surface area contributed by atoms with E-state index in [1.807, 2.05) is 18.5 Å². The number of H-pyrrole nitrogens is 1. The molecule has 1 amide bonds. The maximum atomic E-state index is 11.8. The summed E-state index contributed by atoms with van der Waals surface area (Å²) in [5.41, 5.74) is 1.02. The van der Waals surface area contributed by atoms with Gasteiger partial charge in [0.15, 0.2) is 0 Å². The van der Waals surface area contributed by atoms with Crippen LogP contribution in [-0.2, 0) is 11.2 Å². The van der Waals surface area contributed by atoms with Crippen LogP contribution in [0, 0.1) is 5.92 Å². The van der Waals surface area contributed by atoms with E-state index in [0.29, 0.717) is 18.4 Å². The van der Waals surface area contributed by atoms with E-state index in [2.05, 4.69) is 10.3 Å². The maximum absolute atomic E-state index is 11.8. The van der Waals surface area contributed by atoms with Gasteiger partial charge in [0.1, 0.15) is 0 Å². The zero-order chi connectivity index (χ0) is 12.1. The Hall–Kier alpha value is -1.29. The van der Waals surface area contributed by atoms with Crippen LogP contribution in [-0.4, -0.2) is 28.6 Å². The number of nitrogens with one attached hydrogen (secondary N) is 2. The second-order valence-corrected chi connectivity index (χ2v) is 4.86. The van der Waals surface area contributed by atoms with Crippen molar-refractivity contribution in [3.05, 3.63) is 24.0 Å². The van der Waals surface area contributed by atoms with Gasteiger partial charge in [0.05, 0.1) is 6.42 Å². The molecule has 17 heavy (non-hydrogen) atoms. The number of aliphatic hydroxyl groups excluding tert-OH is 1. The zero-order valence-electron chi connectivity index (χ0n) is 9.98. The van der Waals surface area contributed by atoms with Gasteiger partial charge in [-0.25, -0.2) is 0 Å². The molecule has 1 aromatic rings. The first-order valence-corrected chi connectivity index (χ1v) is 6.30. The highest BCUT2D eigenvalue weighted by Gasteiger charge is 2.21. The van der Waals surface area contributed by atoms with Gasteiger partial charge < -0.3 is 15.4 Å². The molecule has 0 bridgehead atoms. The molecule has 1 fully saturated rings. The lowest BCUT2D eigenvalue weighted by Crippen LogP contribution is -2.38. The number of carbonyl (C=O) groups excluding carboxylic acids is 1. The first kappa shape index (κ1) is 12.2. The number of aliphatic hydroxyl groups is 1. The Morgan fingerprint density at radius 1 is 1.41 bits per heavy atom. The van der Waals surface area contributed by atoms with Gasteiger partial charge in [-0.05, 0) is 43.2 Å². The van der Waals surface area contributed by atoms with Crippen LogP contribution in [0.15, 0.2) is 18.5 Å². The number of amides is 1. The molecule has 1 heterocycles. The van der Waals surface area contributed by atoms with Crippen molar-refractivity contribution in [1.29, 1.82) is 0 Å². The van der Waals surface area contributed by atoms with E-state index in [9.17, 15) is 4.79 Å². The number of hydrogen-bond acceptors (Lipinski definition) is 2. The molecule has 0 saturated heterocycles. The summed E-state index contributed by atoms with van der Waals surface area (Å²) in [7, 11) is 0. The number of hydrogen-bond donors (Lipinski definition) is 3. The molecule has 2 rings (SSSR count). The maximum Gasteiger partial charge on any atom is 0.224 e. The molecule has 94 valence electrons. The summed E-state index contributed by atoms with van der Waals surface area (Å²) in [4.78, 5) is 14.7. The summed E-state index contributed by atoms with van der Waals surface area (Å²) in [6.07, 6.45) is 8.14. The smallest absolute Gasteiger partial charge is 0.224 e. The summed E-state index contributed by atoms with van der Waals surface area (Å²) in [5, 5.41) is 12.1. The third-order valence-electron chi connectivity index (χ3n) is 3.50. The Balaban J connectivity index is 1.72. The van der Waals surface area contributed by atoms with Crippen LogP contribution in [0.1, 0.15) is 31.2 Å². The lowest BCUT2D eigenvalue weighted by atomic mass is 9.86. The quantitative estimate of drug-likeness (QED) is 0.736. The zero-order valence-corrected chi connectivity index (χ0v) is 9.98. The summed E-state index contributed by atoms with van der Waals surface area (Å²) in [6, 6.07) is 2.21. The van der Waals surface area contributed by atoms with E-state index in [-0.39, 0.29) is 12.5 Å². The first-order valence-electron chi connectivity index (χ1n) is 6.30. The third-order valence-corrected chi connectivity index (χ3v) is 3.50. The normalized spacial score (nSPS) is 24.5. The molecular formula is C13H20N2O2. The fourth-order valence-electron chi connectivity index (χ4n) is 2.42. The van der Waals surface area contributed by atoms with E-state index in [1.165, 1.54) is 0 Å². The minimum absolute atomic E-state index is 0.0945. The summed E-state index contributed by atoms with van der Waals surface area (Å²) >= 11 is 0. The average molecular weight is 236 g/mol. The van der Waals surface area contributed by atoms with Crippen LogP contribution in [0.4, 0.5) is 0 Å². The van der Waals surface area contributed by atoms with Gasteiger partial charge in [-0.1, -0.05) is 0 Å². The van der Waals surface area contributed by atoms with Gasteiger partial charge in [0, 0.05) is 25.0 Å². The fourth-order valence-corrected chi connectivity index (χ4v) is 2.42. The molecule has 4 heteroatoms. The van der Waals surface area contributed by atoms with Crippen molar-refractivity contribution < 1.29 is 9.90 Å². The highest BCUT2D eigenvalue weighted by Crippen LogP contribution is 2.23. The van der Waals surface area contributed by atoms with Crippen molar-refractivity contribution in [2.75, 3.05) is 6.61 Å². The molecule has 0 spiro atoms. The molecule has 4 nitrogen and oxygen atoms in total. The van der Waals surface area contributed by atoms with Crippen LogP contribution < -0.4 is 5.32 Å². The number of carbonyl (C=O) groups is 1. The SMILES string of the molecule is O=C(Cc1cc[nH]c1)NC1CCC(CO)CC1. The van der Waals surface area contributed by atoms with Gasteiger partial charge in [-0.3, -0.25) is 4.79 Å². The molecule has 1 saturated carbocycles.